The lowest BCUT2D eigenvalue weighted by Crippen LogP contribution is -2.06. The first-order chi connectivity index (χ1) is 9.60. The van der Waals surface area contributed by atoms with Crippen LogP contribution in [0.4, 0.5) is 0 Å². The average molecular weight is 274 g/mol. The molecule has 0 amide bonds. The van der Waals surface area contributed by atoms with Crippen LogP contribution in [-0.4, -0.2) is 19.7 Å². The van der Waals surface area contributed by atoms with Gasteiger partial charge in [0.2, 0.25) is 0 Å². The number of ether oxygens (including phenoxy) is 2. The number of esters is 1. The molecule has 0 saturated heterocycles. The maximum absolute atomic E-state index is 12.1. The average Bonchev–Trinajstić information content (AvgIpc) is 2.73. The van der Waals surface area contributed by atoms with Crippen molar-refractivity contribution in [2.24, 2.45) is 0 Å². The van der Waals surface area contributed by atoms with Gasteiger partial charge in [-0.2, -0.15) is 0 Å². The standard InChI is InChI=1S/C16H18O4/c1-5-19-16(17)15-11(3)20-10(2)14(15)12-8-6-7-9-13(12)18-4/h6-9H,5H2,1-4H3. The molecule has 0 radical (unpaired) electrons. The van der Waals surface area contributed by atoms with Crippen molar-refractivity contribution >= 4 is 5.97 Å². The Bertz CT molecular complexity index is 625. The summed E-state index contributed by atoms with van der Waals surface area (Å²) in [7, 11) is 1.60. The molecule has 0 atom stereocenters. The summed E-state index contributed by atoms with van der Waals surface area (Å²) in [6.07, 6.45) is 0. The van der Waals surface area contributed by atoms with Gasteiger partial charge in [0, 0.05) is 11.1 Å². The van der Waals surface area contributed by atoms with Crippen LogP contribution >= 0.6 is 0 Å². The van der Waals surface area contributed by atoms with Gasteiger partial charge in [-0.3, -0.25) is 0 Å². The molecule has 0 saturated carbocycles. The van der Waals surface area contributed by atoms with Crippen molar-refractivity contribution in [3.63, 3.8) is 0 Å². The van der Waals surface area contributed by atoms with E-state index in [9.17, 15) is 4.79 Å². The van der Waals surface area contributed by atoms with E-state index >= 15 is 0 Å². The second-order valence-electron chi connectivity index (χ2n) is 4.39. The van der Waals surface area contributed by atoms with Gasteiger partial charge in [-0.15, -0.1) is 0 Å². The van der Waals surface area contributed by atoms with Crippen molar-refractivity contribution in [1.82, 2.24) is 0 Å². The van der Waals surface area contributed by atoms with E-state index in [1.165, 1.54) is 0 Å². The largest absolute Gasteiger partial charge is 0.496 e. The molecule has 0 N–H and O–H groups in total. The first kappa shape index (κ1) is 14.2. The van der Waals surface area contributed by atoms with E-state index in [2.05, 4.69) is 0 Å². The molecule has 4 nitrogen and oxygen atoms in total. The molecule has 0 unspecified atom stereocenters. The highest BCUT2D eigenvalue weighted by atomic mass is 16.5. The van der Waals surface area contributed by atoms with E-state index < -0.39 is 0 Å². The van der Waals surface area contributed by atoms with Gasteiger partial charge in [-0.05, 0) is 26.8 Å². The highest BCUT2D eigenvalue weighted by molar-refractivity contribution is 5.99. The van der Waals surface area contributed by atoms with Crippen LogP contribution in [0.25, 0.3) is 11.1 Å². The zero-order valence-electron chi connectivity index (χ0n) is 12.1. The molecule has 20 heavy (non-hydrogen) atoms. The van der Waals surface area contributed by atoms with Crippen molar-refractivity contribution in [2.75, 3.05) is 13.7 Å². The Kier molecular flexibility index (Phi) is 4.13. The minimum absolute atomic E-state index is 0.327. The van der Waals surface area contributed by atoms with Gasteiger partial charge in [0.25, 0.3) is 0 Å². The number of carbonyl (C=O) groups is 1. The summed E-state index contributed by atoms with van der Waals surface area (Å²) < 4.78 is 16.1. The second kappa shape index (κ2) is 5.82. The molecule has 0 spiro atoms. The van der Waals surface area contributed by atoms with Gasteiger partial charge in [0.15, 0.2) is 0 Å². The molecule has 0 aliphatic heterocycles. The Morgan fingerprint density at radius 2 is 1.90 bits per heavy atom. The molecule has 2 rings (SSSR count). The van der Waals surface area contributed by atoms with Crippen LogP contribution in [0.3, 0.4) is 0 Å². The van der Waals surface area contributed by atoms with Crippen molar-refractivity contribution in [3.8, 4) is 16.9 Å². The van der Waals surface area contributed by atoms with E-state index in [1.807, 2.05) is 31.2 Å². The lowest BCUT2D eigenvalue weighted by atomic mass is 9.99. The Morgan fingerprint density at radius 1 is 1.20 bits per heavy atom. The number of para-hydroxylation sites is 1. The molecule has 0 fully saturated rings. The first-order valence-electron chi connectivity index (χ1n) is 6.50. The fraction of sp³-hybridized carbons (Fsp3) is 0.312. The minimum atomic E-state index is -0.372. The Balaban J connectivity index is 2.64. The number of carbonyl (C=O) groups excluding carboxylic acids is 1. The normalized spacial score (nSPS) is 10.4. The van der Waals surface area contributed by atoms with Crippen LogP contribution in [0.1, 0.15) is 28.8 Å². The number of rotatable bonds is 4. The Hall–Kier alpha value is -2.23. The van der Waals surface area contributed by atoms with Crippen LogP contribution in [0.5, 0.6) is 5.75 Å². The highest BCUT2D eigenvalue weighted by Crippen LogP contribution is 2.37. The van der Waals surface area contributed by atoms with E-state index in [1.54, 1.807) is 21.0 Å². The van der Waals surface area contributed by atoms with Gasteiger partial charge >= 0.3 is 5.97 Å². The molecule has 1 aromatic heterocycles. The van der Waals surface area contributed by atoms with Crippen LogP contribution in [0, 0.1) is 13.8 Å². The number of aryl methyl sites for hydroxylation is 2. The van der Waals surface area contributed by atoms with Crippen molar-refractivity contribution < 1.29 is 18.7 Å². The van der Waals surface area contributed by atoms with E-state index in [0.717, 1.165) is 11.1 Å². The SMILES string of the molecule is CCOC(=O)c1c(C)oc(C)c1-c1ccccc1OC. The summed E-state index contributed by atoms with van der Waals surface area (Å²) in [6, 6.07) is 7.54. The van der Waals surface area contributed by atoms with Crippen LogP contribution < -0.4 is 4.74 Å². The number of furan rings is 1. The Morgan fingerprint density at radius 3 is 2.55 bits per heavy atom. The van der Waals surface area contributed by atoms with Crippen molar-refractivity contribution in [3.05, 3.63) is 41.3 Å². The zero-order chi connectivity index (χ0) is 14.7. The smallest absolute Gasteiger partial charge is 0.342 e. The fourth-order valence-electron chi connectivity index (χ4n) is 2.31. The van der Waals surface area contributed by atoms with Crippen molar-refractivity contribution in [1.29, 1.82) is 0 Å². The number of hydrogen-bond acceptors (Lipinski definition) is 4. The van der Waals surface area contributed by atoms with Gasteiger partial charge in [0.1, 0.15) is 22.8 Å². The number of methoxy groups -OCH3 is 1. The summed E-state index contributed by atoms with van der Waals surface area (Å²) in [5, 5.41) is 0. The summed E-state index contributed by atoms with van der Waals surface area (Å²) in [6.45, 7) is 5.70. The summed E-state index contributed by atoms with van der Waals surface area (Å²) in [4.78, 5) is 12.1. The maximum atomic E-state index is 12.1. The zero-order valence-corrected chi connectivity index (χ0v) is 12.1. The molecule has 2 aromatic rings. The van der Waals surface area contributed by atoms with Gasteiger partial charge < -0.3 is 13.9 Å². The van der Waals surface area contributed by atoms with E-state index in [0.29, 0.717) is 29.4 Å². The molecule has 0 bridgehead atoms. The fourth-order valence-corrected chi connectivity index (χ4v) is 2.31. The topological polar surface area (TPSA) is 48.7 Å². The van der Waals surface area contributed by atoms with E-state index in [4.69, 9.17) is 13.9 Å². The van der Waals surface area contributed by atoms with Crippen LogP contribution in [0.2, 0.25) is 0 Å². The molecule has 106 valence electrons. The summed E-state index contributed by atoms with van der Waals surface area (Å²) >= 11 is 0. The van der Waals surface area contributed by atoms with Crippen LogP contribution in [-0.2, 0) is 4.74 Å². The first-order valence-corrected chi connectivity index (χ1v) is 6.50. The van der Waals surface area contributed by atoms with Gasteiger partial charge in [-0.1, -0.05) is 18.2 Å². The number of hydrogen-bond donors (Lipinski definition) is 0. The monoisotopic (exact) mass is 274 g/mol. The molecule has 4 heteroatoms. The lowest BCUT2D eigenvalue weighted by molar-refractivity contribution is 0.0525. The predicted octanol–water partition coefficient (Wildman–Crippen LogP) is 3.75. The highest BCUT2D eigenvalue weighted by Gasteiger charge is 2.25. The Labute approximate surface area is 118 Å². The molecular weight excluding hydrogens is 256 g/mol. The maximum Gasteiger partial charge on any atom is 0.342 e. The second-order valence-corrected chi connectivity index (χ2v) is 4.39. The third-order valence-corrected chi connectivity index (χ3v) is 3.12. The minimum Gasteiger partial charge on any atom is -0.496 e. The summed E-state index contributed by atoms with van der Waals surface area (Å²) in [5.41, 5.74) is 2.03. The predicted molar refractivity (Wildman–Crippen MR) is 76.1 cm³/mol. The third kappa shape index (κ3) is 2.41. The third-order valence-electron chi connectivity index (χ3n) is 3.12. The lowest BCUT2D eigenvalue weighted by Gasteiger charge is -2.09. The van der Waals surface area contributed by atoms with E-state index in [-0.39, 0.29) is 5.97 Å². The molecule has 1 aromatic carbocycles. The van der Waals surface area contributed by atoms with Crippen molar-refractivity contribution in [2.45, 2.75) is 20.8 Å². The van der Waals surface area contributed by atoms with Crippen LogP contribution in [0.15, 0.2) is 28.7 Å². The molecule has 0 aliphatic carbocycles. The molecular formula is C16H18O4. The van der Waals surface area contributed by atoms with Gasteiger partial charge in [-0.25, -0.2) is 4.79 Å². The number of benzene rings is 1. The molecule has 0 aliphatic rings. The summed E-state index contributed by atoms with van der Waals surface area (Å²) in [5.74, 6) is 1.56. The molecule has 1 heterocycles. The van der Waals surface area contributed by atoms with Gasteiger partial charge in [0.05, 0.1) is 13.7 Å². The quantitative estimate of drug-likeness (QED) is 0.797.